The summed E-state index contributed by atoms with van der Waals surface area (Å²) in [5.74, 6) is 0.512. The van der Waals surface area contributed by atoms with Crippen molar-refractivity contribution in [1.29, 1.82) is 0 Å². The number of thioether (sulfide) groups is 1. The van der Waals surface area contributed by atoms with Crippen LogP contribution in [0.1, 0.15) is 24.5 Å². The van der Waals surface area contributed by atoms with Crippen molar-refractivity contribution in [2.45, 2.75) is 20.0 Å². The molecule has 0 aliphatic carbocycles. The lowest BCUT2D eigenvalue weighted by Crippen LogP contribution is -2.28. The van der Waals surface area contributed by atoms with Gasteiger partial charge in [0.2, 0.25) is 0 Å². The zero-order valence-corrected chi connectivity index (χ0v) is 21.8. The number of carbonyl (C=O) groups excluding carboxylic acids is 2. The first-order chi connectivity index (χ1) is 13.8. The number of amides is 2. The number of halogens is 4. The average Bonchev–Trinajstić information content (AvgIpc) is 2.90. The van der Waals surface area contributed by atoms with E-state index in [0.29, 0.717) is 28.1 Å². The highest BCUT2D eigenvalue weighted by molar-refractivity contribution is 14.1. The Morgan fingerprint density at radius 2 is 1.83 bits per heavy atom. The van der Waals surface area contributed by atoms with Gasteiger partial charge in [-0.3, -0.25) is 14.5 Å². The summed E-state index contributed by atoms with van der Waals surface area (Å²) in [5, 5.41) is 0.921. The summed E-state index contributed by atoms with van der Waals surface area (Å²) in [6.07, 6.45) is 2.50. The Bertz CT molecular complexity index is 990. The minimum absolute atomic E-state index is 0.215. The molecule has 0 spiro atoms. The van der Waals surface area contributed by atoms with E-state index in [2.05, 4.69) is 45.2 Å². The van der Waals surface area contributed by atoms with Crippen LogP contribution in [0.2, 0.25) is 10.0 Å². The van der Waals surface area contributed by atoms with E-state index in [1.54, 1.807) is 18.2 Å². The fraction of sp³-hybridized carbons (Fsp3) is 0.200. The van der Waals surface area contributed by atoms with Crippen LogP contribution >= 0.6 is 80.1 Å². The van der Waals surface area contributed by atoms with E-state index in [0.717, 1.165) is 42.2 Å². The van der Waals surface area contributed by atoms with E-state index in [-0.39, 0.29) is 11.1 Å². The Morgan fingerprint density at radius 1 is 1.14 bits per heavy atom. The largest absolute Gasteiger partial charge is 0.487 e. The summed E-state index contributed by atoms with van der Waals surface area (Å²) in [5.41, 5.74) is 1.69. The van der Waals surface area contributed by atoms with E-state index < -0.39 is 0 Å². The van der Waals surface area contributed by atoms with Crippen LogP contribution in [0.25, 0.3) is 6.08 Å². The number of carbonyl (C=O) groups is 2. The highest BCUT2D eigenvalue weighted by Crippen LogP contribution is 2.35. The maximum absolute atomic E-state index is 12.4. The summed E-state index contributed by atoms with van der Waals surface area (Å²) < 4.78 is 7.79. The van der Waals surface area contributed by atoms with E-state index in [1.807, 2.05) is 25.1 Å². The fourth-order valence-electron chi connectivity index (χ4n) is 2.66. The third kappa shape index (κ3) is 5.61. The van der Waals surface area contributed by atoms with Gasteiger partial charge >= 0.3 is 0 Å². The Labute approximate surface area is 210 Å². The molecular formula is C20H15Cl2I2NO3S. The molecule has 4 nitrogen and oxygen atoms in total. The minimum atomic E-state index is -0.232. The highest BCUT2D eigenvalue weighted by atomic mass is 127. The molecule has 0 radical (unpaired) electrons. The van der Waals surface area contributed by atoms with Crippen LogP contribution in [0.4, 0.5) is 4.79 Å². The minimum Gasteiger partial charge on any atom is -0.487 e. The summed E-state index contributed by atoms with van der Waals surface area (Å²) >= 11 is 17.5. The molecule has 0 saturated carbocycles. The van der Waals surface area contributed by atoms with Crippen LogP contribution in [0.15, 0.2) is 35.2 Å². The van der Waals surface area contributed by atoms with Crippen molar-refractivity contribution < 1.29 is 14.3 Å². The monoisotopic (exact) mass is 673 g/mol. The second-order valence-corrected chi connectivity index (χ2v) is 10.3. The highest BCUT2D eigenvalue weighted by Gasteiger charge is 2.34. The molecule has 29 heavy (non-hydrogen) atoms. The maximum atomic E-state index is 12.4. The second kappa shape index (κ2) is 10.2. The third-order valence-corrected chi connectivity index (χ3v) is 7.12. The molecule has 2 aromatic carbocycles. The first-order valence-electron chi connectivity index (χ1n) is 8.61. The van der Waals surface area contributed by atoms with Crippen molar-refractivity contribution >= 4 is 97.4 Å². The van der Waals surface area contributed by atoms with Crippen LogP contribution in [0.5, 0.6) is 5.75 Å². The number of benzene rings is 2. The first kappa shape index (κ1) is 23.2. The van der Waals surface area contributed by atoms with Crippen molar-refractivity contribution in [2.24, 2.45) is 0 Å². The number of rotatable bonds is 6. The maximum Gasteiger partial charge on any atom is 0.293 e. The SMILES string of the molecule is CCCN1C(=O)S/C(=C/c2cc(I)c(OCc3ccc(Cl)cc3Cl)c(I)c2)C1=O. The number of hydrogen-bond acceptors (Lipinski definition) is 4. The van der Waals surface area contributed by atoms with Crippen molar-refractivity contribution in [3.63, 3.8) is 0 Å². The normalized spacial score (nSPS) is 15.5. The molecule has 0 aromatic heterocycles. The molecule has 1 aliphatic rings. The molecule has 1 saturated heterocycles. The molecule has 1 aliphatic heterocycles. The summed E-state index contributed by atoms with van der Waals surface area (Å²) in [6.45, 7) is 2.70. The molecule has 9 heteroatoms. The van der Waals surface area contributed by atoms with Gasteiger partial charge in [0.05, 0.1) is 12.0 Å². The number of hydrogen-bond donors (Lipinski definition) is 0. The van der Waals surface area contributed by atoms with Crippen LogP contribution in [-0.2, 0) is 11.4 Å². The van der Waals surface area contributed by atoms with Gasteiger partial charge in [0.1, 0.15) is 12.4 Å². The topological polar surface area (TPSA) is 46.6 Å². The zero-order chi connectivity index (χ0) is 21.1. The van der Waals surface area contributed by atoms with Crippen LogP contribution in [0, 0.1) is 7.14 Å². The Hall–Kier alpha value is -0.490. The van der Waals surface area contributed by atoms with Crippen LogP contribution in [-0.4, -0.2) is 22.6 Å². The summed E-state index contributed by atoms with van der Waals surface area (Å²) in [7, 11) is 0. The number of nitrogens with zero attached hydrogens (tertiary/aromatic N) is 1. The number of imide groups is 1. The van der Waals surface area contributed by atoms with Gasteiger partial charge in [-0.15, -0.1) is 0 Å². The van der Waals surface area contributed by atoms with Gasteiger partial charge in [0.15, 0.2) is 0 Å². The Morgan fingerprint density at radius 3 is 2.45 bits per heavy atom. The third-order valence-electron chi connectivity index (χ3n) is 4.03. The molecule has 0 N–H and O–H groups in total. The quantitative estimate of drug-likeness (QED) is 0.240. The zero-order valence-electron chi connectivity index (χ0n) is 15.2. The Balaban J connectivity index is 1.79. The predicted molar refractivity (Wildman–Crippen MR) is 136 cm³/mol. The molecule has 1 fully saturated rings. The molecule has 2 amide bonds. The predicted octanol–water partition coefficient (Wildman–Crippen LogP) is 7.23. The molecule has 2 aromatic rings. The van der Waals surface area contributed by atoms with Crippen molar-refractivity contribution in [2.75, 3.05) is 6.54 Å². The summed E-state index contributed by atoms with van der Waals surface area (Å²) in [6, 6.07) is 9.15. The van der Waals surface area contributed by atoms with Gasteiger partial charge < -0.3 is 4.74 Å². The van der Waals surface area contributed by atoms with E-state index >= 15 is 0 Å². The van der Waals surface area contributed by atoms with Gasteiger partial charge in [-0.1, -0.05) is 36.2 Å². The van der Waals surface area contributed by atoms with Crippen molar-refractivity contribution in [3.05, 3.63) is 63.5 Å². The lowest BCUT2D eigenvalue weighted by molar-refractivity contribution is -0.122. The number of ether oxygens (including phenoxy) is 1. The molecule has 3 rings (SSSR count). The van der Waals surface area contributed by atoms with Crippen molar-refractivity contribution in [1.82, 2.24) is 4.90 Å². The molecule has 152 valence electrons. The van der Waals surface area contributed by atoms with E-state index in [1.165, 1.54) is 4.90 Å². The first-order valence-corrected chi connectivity index (χ1v) is 12.3. The van der Waals surface area contributed by atoms with E-state index in [4.69, 9.17) is 27.9 Å². The van der Waals surface area contributed by atoms with Gasteiger partial charge in [-0.2, -0.15) is 0 Å². The van der Waals surface area contributed by atoms with Crippen LogP contribution in [0.3, 0.4) is 0 Å². The van der Waals surface area contributed by atoms with Gasteiger partial charge in [0.25, 0.3) is 11.1 Å². The van der Waals surface area contributed by atoms with Gasteiger partial charge in [-0.25, -0.2) is 0 Å². The lowest BCUT2D eigenvalue weighted by atomic mass is 10.2. The second-order valence-electron chi connectivity index (χ2n) is 6.17. The van der Waals surface area contributed by atoms with Crippen LogP contribution < -0.4 is 4.74 Å². The standard InChI is InChI=1S/C20H15Cl2I2NO3S/c1-2-5-25-19(26)17(29-20(25)27)8-11-6-15(23)18(16(24)7-11)28-10-12-3-4-13(21)9-14(12)22/h3-4,6-9H,2,5,10H2,1H3/b17-8+. The van der Waals surface area contributed by atoms with Gasteiger partial charge in [-0.05, 0) is 99.3 Å². The van der Waals surface area contributed by atoms with Crippen molar-refractivity contribution in [3.8, 4) is 5.75 Å². The molecular weight excluding hydrogens is 659 g/mol. The van der Waals surface area contributed by atoms with Gasteiger partial charge in [0, 0.05) is 22.2 Å². The average molecular weight is 674 g/mol. The van der Waals surface area contributed by atoms with E-state index in [9.17, 15) is 9.59 Å². The Kier molecular flexibility index (Phi) is 8.16. The molecule has 0 atom stereocenters. The molecule has 0 unspecified atom stereocenters. The summed E-state index contributed by atoms with van der Waals surface area (Å²) in [4.78, 5) is 26.2. The molecule has 0 bridgehead atoms. The fourth-order valence-corrected chi connectivity index (χ4v) is 6.11. The smallest absolute Gasteiger partial charge is 0.293 e. The lowest BCUT2D eigenvalue weighted by Gasteiger charge is -2.13. The molecule has 1 heterocycles.